The molecule has 0 aliphatic carbocycles. The second-order valence-electron chi connectivity index (χ2n) is 4.17. The van der Waals surface area contributed by atoms with E-state index >= 15 is 0 Å². The van der Waals surface area contributed by atoms with Gasteiger partial charge in [-0.2, -0.15) is 5.26 Å². The molecule has 0 aromatic heterocycles. The van der Waals surface area contributed by atoms with Crippen molar-refractivity contribution in [2.45, 2.75) is 20.3 Å². The van der Waals surface area contributed by atoms with Gasteiger partial charge in [0.15, 0.2) is 0 Å². The fourth-order valence-electron chi connectivity index (χ4n) is 1.27. The van der Waals surface area contributed by atoms with Crippen molar-refractivity contribution in [3.63, 3.8) is 0 Å². The summed E-state index contributed by atoms with van der Waals surface area (Å²) in [5, 5.41) is 21.7. The Labute approximate surface area is 109 Å². The van der Waals surface area contributed by atoms with E-state index in [1.54, 1.807) is 6.92 Å². The average Bonchev–Trinajstić information content (AvgIpc) is 2.39. The SMILES string of the molecule is CCC(C)(C#N)C(=O)Nc1cc([N+](=O)[O-])ccc1F. The molecule has 0 aliphatic heterocycles. The van der Waals surface area contributed by atoms with Crippen molar-refractivity contribution in [3.05, 3.63) is 34.1 Å². The molecule has 1 aromatic rings. The monoisotopic (exact) mass is 265 g/mol. The number of nitro benzene ring substituents is 1. The van der Waals surface area contributed by atoms with E-state index in [0.29, 0.717) is 0 Å². The first-order chi connectivity index (χ1) is 8.84. The maximum atomic E-state index is 13.5. The summed E-state index contributed by atoms with van der Waals surface area (Å²) >= 11 is 0. The number of halogens is 1. The van der Waals surface area contributed by atoms with Crippen LogP contribution in [0.3, 0.4) is 0 Å². The van der Waals surface area contributed by atoms with Gasteiger partial charge in [0.1, 0.15) is 11.2 Å². The van der Waals surface area contributed by atoms with Crippen molar-refractivity contribution in [1.82, 2.24) is 0 Å². The second kappa shape index (κ2) is 5.44. The molecule has 19 heavy (non-hydrogen) atoms. The minimum atomic E-state index is -1.31. The third-order valence-corrected chi connectivity index (χ3v) is 2.86. The molecular weight excluding hydrogens is 253 g/mol. The maximum absolute atomic E-state index is 13.5. The van der Waals surface area contributed by atoms with Crippen LogP contribution in [-0.4, -0.2) is 10.8 Å². The number of rotatable bonds is 4. The number of hydrogen-bond acceptors (Lipinski definition) is 4. The van der Waals surface area contributed by atoms with E-state index in [-0.39, 0.29) is 17.8 Å². The van der Waals surface area contributed by atoms with Crippen LogP contribution in [0.25, 0.3) is 0 Å². The molecule has 1 rings (SSSR count). The van der Waals surface area contributed by atoms with E-state index in [9.17, 15) is 19.3 Å². The number of nitrogens with one attached hydrogen (secondary N) is 1. The fraction of sp³-hybridized carbons (Fsp3) is 0.333. The first-order valence-electron chi connectivity index (χ1n) is 5.50. The van der Waals surface area contributed by atoms with Crippen LogP contribution in [0.4, 0.5) is 15.8 Å². The third-order valence-electron chi connectivity index (χ3n) is 2.86. The van der Waals surface area contributed by atoms with Gasteiger partial charge in [-0.05, 0) is 19.4 Å². The Balaban J connectivity index is 3.07. The van der Waals surface area contributed by atoms with Crippen LogP contribution in [0.15, 0.2) is 18.2 Å². The van der Waals surface area contributed by atoms with E-state index in [4.69, 9.17) is 5.26 Å². The summed E-state index contributed by atoms with van der Waals surface area (Å²) in [5.41, 5.74) is -1.96. The molecule has 100 valence electrons. The molecule has 0 heterocycles. The van der Waals surface area contributed by atoms with Crippen LogP contribution >= 0.6 is 0 Å². The van der Waals surface area contributed by atoms with E-state index in [1.165, 1.54) is 6.92 Å². The summed E-state index contributed by atoms with van der Waals surface area (Å²) in [6.45, 7) is 3.06. The van der Waals surface area contributed by atoms with Crippen molar-refractivity contribution >= 4 is 17.3 Å². The third kappa shape index (κ3) is 3.04. The predicted molar refractivity (Wildman–Crippen MR) is 65.7 cm³/mol. The smallest absolute Gasteiger partial charge is 0.271 e. The highest BCUT2D eigenvalue weighted by Gasteiger charge is 2.32. The van der Waals surface area contributed by atoms with Gasteiger partial charge in [0, 0.05) is 12.1 Å². The van der Waals surface area contributed by atoms with Gasteiger partial charge in [-0.1, -0.05) is 6.92 Å². The Kier molecular flexibility index (Phi) is 4.17. The Morgan fingerprint density at radius 3 is 2.74 bits per heavy atom. The Bertz CT molecular complexity index is 568. The molecule has 0 bridgehead atoms. The van der Waals surface area contributed by atoms with E-state index in [2.05, 4.69) is 5.32 Å². The zero-order chi connectivity index (χ0) is 14.6. The number of carbonyl (C=O) groups excluding carboxylic acids is 1. The Morgan fingerprint density at radius 2 is 2.26 bits per heavy atom. The lowest BCUT2D eigenvalue weighted by atomic mass is 9.88. The predicted octanol–water partition coefficient (Wildman–Crippen LogP) is 2.61. The first-order valence-corrected chi connectivity index (χ1v) is 5.50. The lowest BCUT2D eigenvalue weighted by molar-refractivity contribution is -0.384. The van der Waals surface area contributed by atoms with E-state index < -0.39 is 22.1 Å². The van der Waals surface area contributed by atoms with Gasteiger partial charge in [-0.15, -0.1) is 0 Å². The molecule has 1 amide bonds. The molecule has 1 aromatic carbocycles. The van der Waals surface area contributed by atoms with Crippen LogP contribution < -0.4 is 5.32 Å². The number of nitro groups is 1. The number of hydrogen-bond donors (Lipinski definition) is 1. The van der Waals surface area contributed by atoms with Crippen molar-refractivity contribution < 1.29 is 14.1 Å². The molecule has 0 radical (unpaired) electrons. The van der Waals surface area contributed by atoms with Gasteiger partial charge in [0.05, 0.1) is 16.7 Å². The number of anilines is 1. The molecule has 1 unspecified atom stereocenters. The zero-order valence-electron chi connectivity index (χ0n) is 10.4. The molecule has 6 nitrogen and oxygen atoms in total. The summed E-state index contributed by atoms with van der Waals surface area (Å²) in [6, 6.07) is 4.64. The highest BCUT2D eigenvalue weighted by molar-refractivity contribution is 5.97. The molecule has 7 heteroatoms. The molecule has 0 aliphatic rings. The number of nitrogens with zero attached hydrogens (tertiary/aromatic N) is 2. The van der Waals surface area contributed by atoms with Crippen molar-refractivity contribution in [2.24, 2.45) is 5.41 Å². The molecular formula is C12H12FN3O3. The van der Waals surface area contributed by atoms with Gasteiger partial charge >= 0.3 is 0 Å². The van der Waals surface area contributed by atoms with Crippen molar-refractivity contribution in [2.75, 3.05) is 5.32 Å². The number of benzene rings is 1. The summed E-state index contributed by atoms with van der Waals surface area (Å²) in [5.74, 6) is -1.49. The van der Waals surface area contributed by atoms with Gasteiger partial charge in [-0.25, -0.2) is 4.39 Å². The zero-order valence-corrected chi connectivity index (χ0v) is 10.4. The van der Waals surface area contributed by atoms with Crippen molar-refractivity contribution in [3.8, 4) is 6.07 Å². The summed E-state index contributed by atoms with van der Waals surface area (Å²) in [4.78, 5) is 21.7. The summed E-state index contributed by atoms with van der Waals surface area (Å²) in [6.07, 6.45) is 0.242. The standard InChI is InChI=1S/C12H12FN3O3/c1-3-12(2,7-14)11(17)15-10-6-8(16(18)19)4-5-9(10)13/h4-6H,3H2,1-2H3,(H,15,17). The van der Waals surface area contributed by atoms with E-state index in [0.717, 1.165) is 18.2 Å². The van der Waals surface area contributed by atoms with Gasteiger partial charge in [0.2, 0.25) is 5.91 Å². The normalized spacial score (nSPS) is 13.2. The number of nitriles is 1. The fourth-order valence-corrected chi connectivity index (χ4v) is 1.27. The number of amides is 1. The molecule has 1 atom stereocenters. The van der Waals surface area contributed by atoms with Gasteiger partial charge in [-0.3, -0.25) is 14.9 Å². The lowest BCUT2D eigenvalue weighted by Crippen LogP contribution is -2.31. The highest BCUT2D eigenvalue weighted by atomic mass is 19.1. The van der Waals surface area contributed by atoms with Crippen LogP contribution in [-0.2, 0) is 4.79 Å². The molecule has 0 spiro atoms. The maximum Gasteiger partial charge on any atom is 0.271 e. The number of non-ortho nitro benzene ring substituents is 1. The van der Waals surface area contributed by atoms with Crippen LogP contribution in [0.2, 0.25) is 0 Å². The summed E-state index contributed by atoms with van der Waals surface area (Å²) in [7, 11) is 0. The molecule has 1 N–H and O–H groups in total. The quantitative estimate of drug-likeness (QED) is 0.668. The lowest BCUT2D eigenvalue weighted by Gasteiger charge is -2.18. The second-order valence-corrected chi connectivity index (χ2v) is 4.17. The molecule has 0 fully saturated rings. The largest absolute Gasteiger partial charge is 0.322 e. The highest BCUT2D eigenvalue weighted by Crippen LogP contribution is 2.26. The molecule has 0 saturated heterocycles. The molecule has 0 saturated carbocycles. The average molecular weight is 265 g/mol. The first kappa shape index (κ1) is 14.6. The Morgan fingerprint density at radius 1 is 1.63 bits per heavy atom. The van der Waals surface area contributed by atoms with Gasteiger partial charge < -0.3 is 5.32 Å². The summed E-state index contributed by atoms with van der Waals surface area (Å²) < 4.78 is 13.5. The van der Waals surface area contributed by atoms with Gasteiger partial charge in [0.25, 0.3) is 5.69 Å². The minimum Gasteiger partial charge on any atom is -0.322 e. The topological polar surface area (TPSA) is 96.0 Å². The van der Waals surface area contributed by atoms with E-state index in [1.807, 2.05) is 6.07 Å². The Hall–Kier alpha value is -2.49. The van der Waals surface area contributed by atoms with Crippen LogP contribution in [0, 0.1) is 32.7 Å². The van der Waals surface area contributed by atoms with Crippen molar-refractivity contribution in [1.29, 1.82) is 5.26 Å². The number of carbonyl (C=O) groups is 1. The van der Waals surface area contributed by atoms with Crippen LogP contribution in [0.5, 0.6) is 0 Å². The minimum absolute atomic E-state index is 0.242. The van der Waals surface area contributed by atoms with Crippen LogP contribution in [0.1, 0.15) is 20.3 Å².